The van der Waals surface area contributed by atoms with Crippen molar-refractivity contribution in [3.8, 4) is 0 Å². The zero-order valence-electron chi connectivity index (χ0n) is 14.2. The number of nitrogens with zero attached hydrogens (tertiary/aromatic N) is 2. The van der Waals surface area contributed by atoms with Crippen molar-refractivity contribution in [2.24, 2.45) is 5.92 Å². The minimum atomic E-state index is -3.00. The summed E-state index contributed by atoms with van der Waals surface area (Å²) in [6.45, 7) is 3.63. The van der Waals surface area contributed by atoms with Crippen LogP contribution in [0, 0.1) is 5.92 Å². The summed E-state index contributed by atoms with van der Waals surface area (Å²) in [4.78, 5) is 28.4. The second-order valence-electron chi connectivity index (χ2n) is 7.17. The number of hydrogen-bond acceptors (Lipinski definition) is 4. The van der Waals surface area contributed by atoms with E-state index in [1.165, 1.54) is 0 Å². The first-order chi connectivity index (χ1) is 11.4. The van der Waals surface area contributed by atoms with Crippen LogP contribution in [0.1, 0.15) is 39.0 Å². The smallest absolute Gasteiger partial charge is 0.317 e. The van der Waals surface area contributed by atoms with Gasteiger partial charge in [0.05, 0.1) is 11.5 Å². The third kappa shape index (κ3) is 4.02. The fourth-order valence-corrected chi connectivity index (χ4v) is 5.40. The Hall–Kier alpha value is -1.31. The van der Waals surface area contributed by atoms with E-state index in [4.69, 9.17) is 0 Å². The topological polar surface area (TPSA) is 86.8 Å². The molecule has 1 N–H and O–H groups in total. The lowest BCUT2D eigenvalue weighted by atomic mass is 9.94. The Morgan fingerprint density at radius 3 is 2.29 bits per heavy atom. The van der Waals surface area contributed by atoms with Crippen LogP contribution in [-0.2, 0) is 14.6 Å². The molecule has 0 bridgehead atoms. The van der Waals surface area contributed by atoms with Crippen LogP contribution in [0.4, 0.5) is 4.79 Å². The lowest BCUT2D eigenvalue weighted by Gasteiger charge is -2.35. The van der Waals surface area contributed by atoms with Gasteiger partial charge in [0.25, 0.3) is 0 Å². The molecule has 3 amide bonds. The number of carbonyl (C=O) groups is 2. The number of urea groups is 1. The molecule has 136 valence electrons. The summed E-state index contributed by atoms with van der Waals surface area (Å²) in [7, 11) is -3.00. The standard InChI is InChI=1S/C16H27N3O4S/c1-2-19(14-7-10-24(22,23)11-14)15(20)12-5-8-18(9-6-12)16(21)17-13-3-4-13/h12-14H,2-11H2,1H3,(H,17,21). The van der Waals surface area contributed by atoms with Crippen molar-refractivity contribution in [2.45, 2.75) is 51.1 Å². The largest absolute Gasteiger partial charge is 0.339 e. The Bertz CT molecular complexity index is 594. The number of likely N-dealkylation sites (tertiary alicyclic amines) is 1. The van der Waals surface area contributed by atoms with Gasteiger partial charge in [-0.2, -0.15) is 0 Å². The Labute approximate surface area is 143 Å². The maximum Gasteiger partial charge on any atom is 0.317 e. The summed E-state index contributed by atoms with van der Waals surface area (Å²) in [5, 5.41) is 2.98. The van der Waals surface area contributed by atoms with Crippen LogP contribution in [-0.4, -0.2) is 73.4 Å². The van der Waals surface area contributed by atoms with Gasteiger partial charge in [-0.05, 0) is 39.0 Å². The summed E-state index contributed by atoms with van der Waals surface area (Å²) in [5.74, 6) is 0.233. The lowest BCUT2D eigenvalue weighted by molar-refractivity contribution is -0.138. The molecule has 2 heterocycles. The summed E-state index contributed by atoms with van der Waals surface area (Å²) >= 11 is 0. The average Bonchev–Trinajstić information content (AvgIpc) is 3.30. The molecule has 0 aromatic heterocycles. The predicted octanol–water partition coefficient (Wildman–Crippen LogP) is 0.606. The third-order valence-corrected chi connectivity index (χ3v) is 7.06. The normalized spacial score (nSPS) is 27.0. The van der Waals surface area contributed by atoms with Crippen molar-refractivity contribution < 1.29 is 18.0 Å². The molecule has 0 aromatic rings. The van der Waals surface area contributed by atoms with Crippen LogP contribution in [0.2, 0.25) is 0 Å². The summed E-state index contributed by atoms with van der Waals surface area (Å²) in [5.41, 5.74) is 0. The molecule has 1 saturated carbocycles. The highest BCUT2D eigenvalue weighted by Gasteiger charge is 2.37. The fourth-order valence-electron chi connectivity index (χ4n) is 3.67. The molecule has 0 spiro atoms. The molecular weight excluding hydrogens is 330 g/mol. The van der Waals surface area contributed by atoms with E-state index >= 15 is 0 Å². The van der Waals surface area contributed by atoms with E-state index in [1.54, 1.807) is 9.80 Å². The highest BCUT2D eigenvalue weighted by atomic mass is 32.2. The van der Waals surface area contributed by atoms with Crippen molar-refractivity contribution in [3.63, 3.8) is 0 Å². The zero-order valence-corrected chi connectivity index (χ0v) is 15.1. The van der Waals surface area contributed by atoms with Gasteiger partial charge in [-0.15, -0.1) is 0 Å². The van der Waals surface area contributed by atoms with Gasteiger partial charge in [0.1, 0.15) is 0 Å². The van der Waals surface area contributed by atoms with E-state index in [0.717, 1.165) is 12.8 Å². The summed E-state index contributed by atoms with van der Waals surface area (Å²) < 4.78 is 23.4. The van der Waals surface area contributed by atoms with Gasteiger partial charge in [-0.1, -0.05) is 0 Å². The molecular formula is C16H27N3O4S. The first kappa shape index (κ1) is 17.5. The Kier molecular flexibility index (Phi) is 5.03. The molecule has 3 fully saturated rings. The van der Waals surface area contributed by atoms with Crippen molar-refractivity contribution >= 4 is 21.8 Å². The van der Waals surface area contributed by atoms with Crippen molar-refractivity contribution in [3.05, 3.63) is 0 Å². The molecule has 2 aliphatic heterocycles. The molecule has 2 saturated heterocycles. The maximum absolute atomic E-state index is 12.8. The summed E-state index contributed by atoms with van der Waals surface area (Å²) in [6, 6.07) is 0.151. The number of nitrogens with one attached hydrogen (secondary N) is 1. The summed E-state index contributed by atoms with van der Waals surface area (Å²) in [6.07, 6.45) is 4.00. The van der Waals surface area contributed by atoms with Crippen LogP contribution in [0.15, 0.2) is 0 Å². The van der Waals surface area contributed by atoms with Gasteiger partial charge in [-0.3, -0.25) is 4.79 Å². The van der Waals surface area contributed by atoms with Gasteiger partial charge in [-0.25, -0.2) is 13.2 Å². The molecule has 1 atom stereocenters. The molecule has 1 aliphatic carbocycles. The Balaban J connectivity index is 1.52. The first-order valence-electron chi connectivity index (χ1n) is 8.96. The van der Waals surface area contributed by atoms with Crippen molar-refractivity contribution in [1.29, 1.82) is 0 Å². The van der Waals surface area contributed by atoms with Crippen LogP contribution in [0.3, 0.4) is 0 Å². The highest BCUT2D eigenvalue weighted by molar-refractivity contribution is 7.91. The van der Waals surface area contributed by atoms with E-state index in [9.17, 15) is 18.0 Å². The molecule has 7 nitrogen and oxygen atoms in total. The molecule has 0 radical (unpaired) electrons. The van der Waals surface area contributed by atoms with Crippen LogP contribution in [0.5, 0.6) is 0 Å². The van der Waals surface area contributed by atoms with E-state index in [2.05, 4.69) is 5.32 Å². The van der Waals surface area contributed by atoms with E-state index in [-0.39, 0.29) is 35.4 Å². The van der Waals surface area contributed by atoms with Gasteiger partial charge < -0.3 is 15.1 Å². The van der Waals surface area contributed by atoms with Gasteiger partial charge in [0.2, 0.25) is 5.91 Å². The minimum Gasteiger partial charge on any atom is -0.339 e. The number of piperidine rings is 1. The number of amides is 3. The number of carbonyl (C=O) groups excluding carboxylic acids is 2. The van der Waals surface area contributed by atoms with E-state index < -0.39 is 9.84 Å². The molecule has 3 rings (SSSR count). The monoisotopic (exact) mass is 357 g/mol. The minimum absolute atomic E-state index is 0.0161. The molecule has 1 unspecified atom stereocenters. The number of hydrogen-bond donors (Lipinski definition) is 1. The van der Waals surface area contributed by atoms with Gasteiger partial charge >= 0.3 is 6.03 Å². The predicted molar refractivity (Wildman–Crippen MR) is 90.3 cm³/mol. The lowest BCUT2D eigenvalue weighted by Crippen LogP contribution is -2.50. The molecule has 3 aliphatic rings. The van der Waals surface area contributed by atoms with E-state index in [0.29, 0.717) is 44.9 Å². The van der Waals surface area contributed by atoms with Crippen molar-refractivity contribution in [2.75, 3.05) is 31.1 Å². The number of rotatable bonds is 4. The Morgan fingerprint density at radius 2 is 1.79 bits per heavy atom. The maximum atomic E-state index is 12.8. The van der Waals surface area contributed by atoms with Gasteiger partial charge in [0.15, 0.2) is 9.84 Å². The SMILES string of the molecule is CCN(C(=O)C1CCN(C(=O)NC2CC2)CC1)C1CCS(=O)(=O)C1. The van der Waals surface area contributed by atoms with Gasteiger partial charge in [0, 0.05) is 37.6 Å². The highest BCUT2D eigenvalue weighted by Crippen LogP contribution is 2.25. The second kappa shape index (κ2) is 6.90. The first-order valence-corrected chi connectivity index (χ1v) is 10.8. The zero-order chi connectivity index (χ0) is 17.3. The molecule has 0 aromatic carbocycles. The molecule has 24 heavy (non-hydrogen) atoms. The second-order valence-corrected chi connectivity index (χ2v) is 9.39. The number of sulfone groups is 1. The van der Waals surface area contributed by atoms with E-state index in [1.807, 2.05) is 6.92 Å². The average molecular weight is 357 g/mol. The molecule has 8 heteroatoms. The Morgan fingerprint density at radius 1 is 1.12 bits per heavy atom. The fraction of sp³-hybridized carbons (Fsp3) is 0.875. The quantitative estimate of drug-likeness (QED) is 0.798. The third-order valence-electron chi connectivity index (χ3n) is 5.31. The van der Waals surface area contributed by atoms with Crippen LogP contribution >= 0.6 is 0 Å². The van der Waals surface area contributed by atoms with Crippen molar-refractivity contribution in [1.82, 2.24) is 15.1 Å². The van der Waals surface area contributed by atoms with Crippen LogP contribution < -0.4 is 5.32 Å². The van der Waals surface area contributed by atoms with Crippen LogP contribution in [0.25, 0.3) is 0 Å².